The Kier molecular flexibility index (Phi) is 3.07. The number of thioether (sulfide) groups is 1. The van der Waals surface area contributed by atoms with Gasteiger partial charge < -0.3 is 15.8 Å². The number of hydrogen-bond donors (Lipinski definition) is 1. The van der Waals surface area contributed by atoms with Gasteiger partial charge in [-0.1, -0.05) is 18.7 Å². The fraction of sp³-hybridized carbons (Fsp3) is 0.286. The molecule has 0 aliphatic heterocycles. The van der Waals surface area contributed by atoms with Gasteiger partial charge in [-0.25, -0.2) is 0 Å². The third kappa shape index (κ3) is 2.32. The lowest BCUT2D eigenvalue weighted by Gasteiger charge is -1.97. The van der Waals surface area contributed by atoms with E-state index in [9.17, 15) is 10.1 Å². The standard InChI is InChI=1S/C7H9N3O2S/c1-2-13-6-4-3-5(8)7(9-6)10(11)12/h3-4H,2,8H2,1H3. The van der Waals surface area contributed by atoms with Crippen LogP contribution in [-0.2, 0) is 0 Å². The van der Waals surface area contributed by atoms with Crippen LogP contribution in [0, 0.1) is 10.1 Å². The van der Waals surface area contributed by atoms with Crippen molar-refractivity contribution in [2.75, 3.05) is 11.5 Å². The molecule has 0 fully saturated rings. The minimum absolute atomic E-state index is 0.102. The molecular weight excluding hydrogens is 190 g/mol. The molecule has 0 saturated carbocycles. The van der Waals surface area contributed by atoms with Crippen LogP contribution < -0.4 is 5.73 Å². The van der Waals surface area contributed by atoms with Gasteiger partial charge in [-0.2, -0.15) is 0 Å². The van der Waals surface area contributed by atoms with Crippen LogP contribution in [0.1, 0.15) is 6.92 Å². The number of anilines is 1. The molecule has 6 heteroatoms. The Labute approximate surface area is 79.5 Å². The van der Waals surface area contributed by atoms with Gasteiger partial charge in [0.15, 0.2) is 0 Å². The molecule has 1 aromatic heterocycles. The van der Waals surface area contributed by atoms with Gasteiger partial charge in [0, 0.05) is 0 Å². The largest absolute Gasteiger partial charge is 0.392 e. The number of nitrogen functional groups attached to an aromatic ring is 1. The Balaban J connectivity index is 3.04. The van der Waals surface area contributed by atoms with Crippen LogP contribution in [0.25, 0.3) is 0 Å². The Hall–Kier alpha value is -1.30. The normalized spacial score (nSPS) is 9.92. The molecule has 5 nitrogen and oxygen atoms in total. The van der Waals surface area contributed by atoms with Crippen molar-refractivity contribution in [1.82, 2.24) is 4.98 Å². The summed E-state index contributed by atoms with van der Waals surface area (Å²) < 4.78 is 0. The minimum Gasteiger partial charge on any atom is -0.392 e. The number of aromatic nitrogens is 1. The second kappa shape index (κ2) is 4.08. The molecule has 1 heterocycles. The van der Waals surface area contributed by atoms with Crippen molar-refractivity contribution >= 4 is 23.3 Å². The van der Waals surface area contributed by atoms with Crippen LogP contribution in [0.2, 0.25) is 0 Å². The van der Waals surface area contributed by atoms with Crippen molar-refractivity contribution in [3.8, 4) is 0 Å². The SMILES string of the molecule is CCSc1ccc(N)c([N+](=O)[O-])n1. The third-order valence-corrected chi connectivity index (χ3v) is 2.16. The molecule has 0 spiro atoms. The maximum Gasteiger partial charge on any atom is 0.387 e. The van der Waals surface area contributed by atoms with Gasteiger partial charge in [-0.05, 0) is 27.8 Å². The lowest BCUT2D eigenvalue weighted by molar-refractivity contribution is -0.388. The lowest BCUT2D eigenvalue weighted by Crippen LogP contribution is -1.99. The number of pyridine rings is 1. The number of nitrogens with two attached hydrogens (primary N) is 1. The zero-order valence-electron chi connectivity index (χ0n) is 7.06. The van der Waals surface area contributed by atoms with E-state index in [1.165, 1.54) is 17.8 Å². The molecule has 0 aliphatic carbocycles. The summed E-state index contributed by atoms with van der Waals surface area (Å²) in [5.41, 5.74) is 5.48. The second-order valence-electron chi connectivity index (χ2n) is 2.25. The van der Waals surface area contributed by atoms with Crippen molar-refractivity contribution in [2.24, 2.45) is 0 Å². The monoisotopic (exact) mass is 199 g/mol. The van der Waals surface area contributed by atoms with Crippen LogP contribution in [0.15, 0.2) is 17.2 Å². The Morgan fingerprint density at radius 2 is 2.38 bits per heavy atom. The average Bonchev–Trinajstić information content (AvgIpc) is 2.08. The predicted molar refractivity (Wildman–Crippen MR) is 51.7 cm³/mol. The molecule has 0 radical (unpaired) electrons. The highest BCUT2D eigenvalue weighted by atomic mass is 32.2. The highest BCUT2D eigenvalue weighted by Gasteiger charge is 2.14. The summed E-state index contributed by atoms with van der Waals surface area (Å²) in [7, 11) is 0. The van der Waals surface area contributed by atoms with E-state index in [2.05, 4.69) is 4.98 Å². The second-order valence-corrected chi connectivity index (χ2v) is 3.54. The molecule has 0 atom stereocenters. The Bertz CT molecular complexity index is 330. The van der Waals surface area contributed by atoms with Gasteiger partial charge in [0.1, 0.15) is 5.69 Å². The molecule has 13 heavy (non-hydrogen) atoms. The Morgan fingerprint density at radius 3 is 2.92 bits per heavy atom. The maximum absolute atomic E-state index is 10.4. The first-order valence-electron chi connectivity index (χ1n) is 3.69. The molecule has 0 bridgehead atoms. The van der Waals surface area contributed by atoms with Gasteiger partial charge in [-0.15, -0.1) is 0 Å². The summed E-state index contributed by atoms with van der Waals surface area (Å²) in [6, 6.07) is 3.18. The average molecular weight is 199 g/mol. The molecule has 1 rings (SSSR count). The van der Waals surface area contributed by atoms with Gasteiger partial charge in [0.2, 0.25) is 5.03 Å². The summed E-state index contributed by atoms with van der Waals surface area (Å²) >= 11 is 1.44. The van der Waals surface area contributed by atoms with E-state index in [4.69, 9.17) is 5.73 Å². The van der Waals surface area contributed by atoms with Crippen molar-refractivity contribution in [1.29, 1.82) is 0 Å². The Morgan fingerprint density at radius 1 is 1.69 bits per heavy atom. The molecule has 0 aliphatic rings. The maximum atomic E-state index is 10.4. The van der Waals surface area contributed by atoms with Crippen LogP contribution in [0.5, 0.6) is 0 Å². The summed E-state index contributed by atoms with van der Waals surface area (Å²) in [6.45, 7) is 1.95. The number of hydrogen-bond acceptors (Lipinski definition) is 5. The zero-order chi connectivity index (χ0) is 9.84. The van der Waals surface area contributed by atoms with Crippen LogP contribution in [0.4, 0.5) is 11.5 Å². The summed E-state index contributed by atoms with van der Waals surface area (Å²) in [5, 5.41) is 11.1. The van der Waals surface area contributed by atoms with Gasteiger partial charge >= 0.3 is 5.82 Å². The van der Waals surface area contributed by atoms with E-state index in [1.807, 2.05) is 6.92 Å². The highest BCUT2D eigenvalue weighted by Crippen LogP contribution is 2.23. The van der Waals surface area contributed by atoms with Gasteiger partial charge in [0.05, 0.1) is 0 Å². The molecule has 70 valence electrons. The summed E-state index contributed by atoms with van der Waals surface area (Å²) in [6.07, 6.45) is 0. The van der Waals surface area contributed by atoms with Crippen molar-refractivity contribution in [2.45, 2.75) is 11.9 Å². The van der Waals surface area contributed by atoms with Crippen molar-refractivity contribution < 1.29 is 4.92 Å². The minimum atomic E-state index is -0.574. The van der Waals surface area contributed by atoms with Crippen LogP contribution in [0.3, 0.4) is 0 Å². The fourth-order valence-corrected chi connectivity index (χ4v) is 1.43. The molecule has 0 amide bonds. The molecule has 2 N–H and O–H groups in total. The van der Waals surface area contributed by atoms with Crippen LogP contribution >= 0.6 is 11.8 Å². The van der Waals surface area contributed by atoms with Crippen molar-refractivity contribution in [3.63, 3.8) is 0 Å². The van der Waals surface area contributed by atoms with Crippen molar-refractivity contribution in [3.05, 3.63) is 22.2 Å². The van der Waals surface area contributed by atoms with E-state index in [0.29, 0.717) is 5.03 Å². The number of rotatable bonds is 3. The van der Waals surface area contributed by atoms with Gasteiger partial charge in [-0.3, -0.25) is 0 Å². The number of nitro groups is 1. The zero-order valence-corrected chi connectivity index (χ0v) is 7.87. The number of nitrogens with zero attached hydrogens (tertiary/aromatic N) is 2. The van der Waals surface area contributed by atoms with E-state index in [-0.39, 0.29) is 11.5 Å². The van der Waals surface area contributed by atoms with E-state index < -0.39 is 4.92 Å². The first-order chi connectivity index (χ1) is 6.15. The summed E-state index contributed by atoms with van der Waals surface area (Å²) in [4.78, 5) is 13.7. The molecule has 0 unspecified atom stereocenters. The van der Waals surface area contributed by atoms with E-state index >= 15 is 0 Å². The fourth-order valence-electron chi connectivity index (χ4n) is 0.816. The van der Waals surface area contributed by atoms with Crippen LogP contribution in [-0.4, -0.2) is 15.7 Å². The molecule has 0 saturated heterocycles. The molecule has 1 aromatic rings. The smallest absolute Gasteiger partial charge is 0.387 e. The molecule has 0 aromatic carbocycles. The first-order valence-corrected chi connectivity index (χ1v) is 4.67. The summed E-state index contributed by atoms with van der Waals surface area (Å²) in [5.74, 6) is 0.562. The quantitative estimate of drug-likeness (QED) is 0.455. The lowest BCUT2D eigenvalue weighted by atomic mass is 10.4. The van der Waals surface area contributed by atoms with E-state index in [0.717, 1.165) is 5.75 Å². The first kappa shape index (κ1) is 9.79. The highest BCUT2D eigenvalue weighted by molar-refractivity contribution is 7.99. The van der Waals surface area contributed by atoms with E-state index in [1.54, 1.807) is 6.07 Å². The molecular formula is C7H9N3O2S. The van der Waals surface area contributed by atoms with Gasteiger partial charge in [0.25, 0.3) is 0 Å². The topological polar surface area (TPSA) is 82.0 Å². The predicted octanol–water partition coefficient (Wildman–Crippen LogP) is 1.68. The third-order valence-electron chi connectivity index (χ3n) is 1.34.